The van der Waals surface area contributed by atoms with E-state index < -0.39 is 0 Å². The first-order valence-electron chi connectivity index (χ1n) is 12.0. The normalized spacial score (nSPS) is 12.7. The standard InChI is InChI=1S/C29H28N4O2S/c1-18-8-11-21(12-9-18)25-26(28(35)30-17-20-6-4-3-5-7-20)36-29(33-25)32-24-16-22(13-10-19(24)2)27(34)31-23-14-15-23/h3-13,16,23H,14-15,17H2,1-2H3,(H,30,35)(H,31,34)(H,32,33). The van der Waals surface area contributed by atoms with E-state index in [2.05, 4.69) is 16.0 Å². The summed E-state index contributed by atoms with van der Waals surface area (Å²) in [6.45, 7) is 4.44. The number of amides is 2. The number of hydrogen-bond donors (Lipinski definition) is 3. The first kappa shape index (κ1) is 23.8. The third-order valence-corrected chi connectivity index (χ3v) is 7.08. The minimum atomic E-state index is -0.172. The summed E-state index contributed by atoms with van der Waals surface area (Å²) in [5.41, 5.74) is 6.06. The average Bonchev–Trinajstić information content (AvgIpc) is 3.61. The lowest BCUT2D eigenvalue weighted by Gasteiger charge is -2.10. The van der Waals surface area contributed by atoms with Gasteiger partial charge in [0.15, 0.2) is 5.13 Å². The molecule has 1 aromatic heterocycles. The first-order chi connectivity index (χ1) is 17.5. The fourth-order valence-electron chi connectivity index (χ4n) is 3.80. The van der Waals surface area contributed by atoms with Crippen molar-refractivity contribution in [2.75, 3.05) is 5.32 Å². The van der Waals surface area contributed by atoms with Crippen LogP contribution in [0.2, 0.25) is 0 Å². The molecule has 1 fully saturated rings. The summed E-state index contributed by atoms with van der Waals surface area (Å²) in [7, 11) is 0. The molecule has 182 valence electrons. The molecular formula is C29H28N4O2S. The number of nitrogens with one attached hydrogen (secondary N) is 3. The van der Waals surface area contributed by atoms with Crippen LogP contribution in [-0.4, -0.2) is 22.8 Å². The topological polar surface area (TPSA) is 83.1 Å². The smallest absolute Gasteiger partial charge is 0.264 e. The number of anilines is 2. The number of rotatable bonds is 8. The largest absolute Gasteiger partial charge is 0.349 e. The highest BCUT2D eigenvalue weighted by atomic mass is 32.1. The quantitative estimate of drug-likeness (QED) is 0.280. The second-order valence-corrected chi connectivity index (χ2v) is 10.1. The van der Waals surface area contributed by atoms with Gasteiger partial charge >= 0.3 is 0 Å². The fraction of sp³-hybridized carbons (Fsp3) is 0.207. The molecule has 0 spiro atoms. The summed E-state index contributed by atoms with van der Waals surface area (Å²) < 4.78 is 0. The van der Waals surface area contributed by atoms with Crippen LogP contribution < -0.4 is 16.0 Å². The Morgan fingerprint density at radius 2 is 1.69 bits per heavy atom. The van der Waals surface area contributed by atoms with Crippen LogP contribution in [-0.2, 0) is 6.54 Å². The molecule has 6 nitrogen and oxygen atoms in total. The third-order valence-electron chi connectivity index (χ3n) is 6.11. The monoisotopic (exact) mass is 496 g/mol. The van der Waals surface area contributed by atoms with Crippen molar-refractivity contribution in [2.24, 2.45) is 0 Å². The highest BCUT2D eigenvalue weighted by molar-refractivity contribution is 7.18. The first-order valence-corrected chi connectivity index (χ1v) is 12.9. The lowest BCUT2D eigenvalue weighted by Crippen LogP contribution is -2.25. The van der Waals surface area contributed by atoms with Gasteiger partial charge in [0.2, 0.25) is 0 Å². The Labute approximate surface area is 214 Å². The van der Waals surface area contributed by atoms with Crippen LogP contribution in [0.25, 0.3) is 11.3 Å². The van der Waals surface area contributed by atoms with Crippen LogP contribution in [0, 0.1) is 13.8 Å². The molecule has 0 saturated heterocycles. The highest BCUT2D eigenvalue weighted by Gasteiger charge is 2.24. The second-order valence-electron chi connectivity index (χ2n) is 9.13. The molecule has 1 heterocycles. The number of aromatic nitrogens is 1. The van der Waals surface area contributed by atoms with Gasteiger partial charge in [-0.2, -0.15) is 0 Å². The molecule has 1 aliphatic rings. The van der Waals surface area contributed by atoms with Crippen LogP contribution in [0.15, 0.2) is 72.8 Å². The molecule has 1 aliphatic carbocycles. The summed E-state index contributed by atoms with van der Waals surface area (Å²) in [6.07, 6.45) is 2.08. The Hall–Kier alpha value is -3.97. The zero-order chi connectivity index (χ0) is 25.1. The molecule has 0 aliphatic heterocycles. The van der Waals surface area contributed by atoms with Crippen LogP contribution in [0.5, 0.6) is 0 Å². The molecule has 3 aromatic carbocycles. The van der Waals surface area contributed by atoms with E-state index >= 15 is 0 Å². The van der Waals surface area contributed by atoms with E-state index in [1.165, 1.54) is 11.3 Å². The maximum absolute atomic E-state index is 13.2. The van der Waals surface area contributed by atoms with Crippen molar-refractivity contribution in [3.63, 3.8) is 0 Å². The van der Waals surface area contributed by atoms with Gasteiger partial charge in [0, 0.05) is 29.4 Å². The van der Waals surface area contributed by atoms with Gasteiger partial charge in [-0.1, -0.05) is 77.6 Å². The van der Waals surface area contributed by atoms with Crippen molar-refractivity contribution < 1.29 is 9.59 Å². The summed E-state index contributed by atoms with van der Waals surface area (Å²) in [6, 6.07) is 23.7. The molecule has 1 saturated carbocycles. The molecule has 0 atom stereocenters. The lowest BCUT2D eigenvalue weighted by molar-refractivity contribution is 0.0944. The fourth-order valence-corrected chi connectivity index (χ4v) is 4.72. The molecule has 0 bridgehead atoms. The van der Waals surface area contributed by atoms with Crippen LogP contribution in [0.4, 0.5) is 10.8 Å². The predicted octanol–water partition coefficient (Wildman–Crippen LogP) is 5.99. The number of nitrogens with zero attached hydrogens (tertiary/aromatic N) is 1. The number of carbonyl (C=O) groups excluding carboxylic acids is 2. The predicted molar refractivity (Wildman–Crippen MR) is 145 cm³/mol. The van der Waals surface area contributed by atoms with E-state index in [0.717, 1.165) is 40.8 Å². The number of thiazole rings is 1. The maximum atomic E-state index is 13.2. The van der Waals surface area contributed by atoms with E-state index in [0.29, 0.717) is 33.9 Å². The van der Waals surface area contributed by atoms with Gasteiger partial charge in [-0.05, 0) is 49.9 Å². The van der Waals surface area contributed by atoms with E-state index in [9.17, 15) is 9.59 Å². The lowest BCUT2D eigenvalue weighted by atomic mass is 10.1. The van der Waals surface area contributed by atoms with E-state index in [1.807, 2.05) is 86.6 Å². The van der Waals surface area contributed by atoms with Crippen molar-refractivity contribution in [1.29, 1.82) is 0 Å². The van der Waals surface area contributed by atoms with Crippen LogP contribution in [0.3, 0.4) is 0 Å². The number of aryl methyl sites for hydroxylation is 2. The Morgan fingerprint density at radius 3 is 2.42 bits per heavy atom. The molecule has 3 N–H and O–H groups in total. The second kappa shape index (κ2) is 10.3. The molecule has 4 aromatic rings. The minimum Gasteiger partial charge on any atom is -0.349 e. The zero-order valence-electron chi connectivity index (χ0n) is 20.3. The van der Waals surface area contributed by atoms with Gasteiger partial charge < -0.3 is 16.0 Å². The Bertz CT molecular complexity index is 1390. The maximum Gasteiger partial charge on any atom is 0.264 e. The van der Waals surface area contributed by atoms with E-state index in [4.69, 9.17) is 4.98 Å². The molecule has 36 heavy (non-hydrogen) atoms. The number of benzene rings is 3. The third kappa shape index (κ3) is 5.63. The summed E-state index contributed by atoms with van der Waals surface area (Å²) in [5.74, 6) is -0.240. The van der Waals surface area contributed by atoms with Crippen LogP contribution in [0.1, 0.15) is 49.6 Å². The molecule has 0 unspecified atom stereocenters. The van der Waals surface area contributed by atoms with Crippen molar-refractivity contribution in [2.45, 2.75) is 39.3 Å². The Balaban J connectivity index is 1.42. The summed E-state index contributed by atoms with van der Waals surface area (Å²) in [5, 5.41) is 10.0. The molecule has 0 radical (unpaired) electrons. The molecule has 2 amide bonds. The Morgan fingerprint density at radius 1 is 0.944 bits per heavy atom. The Kier molecular flexibility index (Phi) is 6.82. The molecule has 5 rings (SSSR count). The molecular weight excluding hydrogens is 468 g/mol. The minimum absolute atomic E-state index is 0.0685. The van der Waals surface area contributed by atoms with Gasteiger partial charge in [0.1, 0.15) is 4.88 Å². The summed E-state index contributed by atoms with van der Waals surface area (Å²) in [4.78, 5) is 31.1. The average molecular weight is 497 g/mol. The SMILES string of the molecule is Cc1ccc(-c2nc(Nc3cc(C(=O)NC4CC4)ccc3C)sc2C(=O)NCc2ccccc2)cc1. The number of hydrogen-bond acceptors (Lipinski definition) is 5. The van der Waals surface area contributed by atoms with Gasteiger partial charge in [-0.25, -0.2) is 4.98 Å². The highest BCUT2D eigenvalue weighted by Crippen LogP contribution is 2.34. The van der Waals surface area contributed by atoms with Gasteiger partial charge in [-0.3, -0.25) is 9.59 Å². The van der Waals surface area contributed by atoms with Crippen molar-refractivity contribution in [3.8, 4) is 11.3 Å². The van der Waals surface area contributed by atoms with E-state index in [-0.39, 0.29) is 11.8 Å². The van der Waals surface area contributed by atoms with E-state index in [1.54, 1.807) is 0 Å². The van der Waals surface area contributed by atoms with Gasteiger partial charge in [-0.15, -0.1) is 0 Å². The molecule has 7 heteroatoms. The number of carbonyl (C=O) groups is 2. The van der Waals surface area contributed by atoms with Crippen molar-refractivity contribution in [3.05, 3.63) is 99.9 Å². The van der Waals surface area contributed by atoms with Crippen LogP contribution >= 0.6 is 11.3 Å². The zero-order valence-corrected chi connectivity index (χ0v) is 21.1. The summed E-state index contributed by atoms with van der Waals surface area (Å²) >= 11 is 1.31. The van der Waals surface area contributed by atoms with Crippen molar-refractivity contribution >= 4 is 34.0 Å². The van der Waals surface area contributed by atoms with Gasteiger partial charge in [0.05, 0.1) is 5.69 Å². The van der Waals surface area contributed by atoms with Crippen molar-refractivity contribution in [1.82, 2.24) is 15.6 Å². The van der Waals surface area contributed by atoms with Gasteiger partial charge in [0.25, 0.3) is 11.8 Å².